The molecule has 1 aliphatic rings. The van der Waals surface area contributed by atoms with Crippen molar-refractivity contribution in [1.29, 1.82) is 5.26 Å². The molecule has 0 aliphatic heterocycles. The van der Waals surface area contributed by atoms with Crippen LogP contribution in [0.5, 0.6) is 0 Å². The molecule has 0 amide bonds. The van der Waals surface area contributed by atoms with Gasteiger partial charge in [0.1, 0.15) is 0 Å². The van der Waals surface area contributed by atoms with Gasteiger partial charge in [0.2, 0.25) is 0 Å². The van der Waals surface area contributed by atoms with Gasteiger partial charge in [-0.15, -0.1) is 0 Å². The van der Waals surface area contributed by atoms with Gasteiger partial charge < -0.3 is 0 Å². The molecule has 66 valence electrons. The highest BCUT2D eigenvalue weighted by Crippen LogP contribution is 2.48. The summed E-state index contributed by atoms with van der Waals surface area (Å²) in [6.07, 6.45) is 1.61. The first-order valence-corrected chi connectivity index (χ1v) is 4.64. The first kappa shape index (κ1) is 9.54. The van der Waals surface area contributed by atoms with Crippen LogP contribution in [0.3, 0.4) is 0 Å². The van der Waals surface area contributed by atoms with E-state index in [2.05, 4.69) is 0 Å². The lowest BCUT2D eigenvalue weighted by molar-refractivity contribution is -0.137. The number of nitrogens with zero attached hydrogens (tertiary/aromatic N) is 1. The van der Waals surface area contributed by atoms with E-state index < -0.39 is 4.87 Å². The monoisotopic (exact) mass is 185 g/mol. The van der Waals surface area contributed by atoms with E-state index in [0.717, 1.165) is 12.8 Å². The van der Waals surface area contributed by atoms with E-state index in [1.54, 1.807) is 0 Å². The average Bonchev–Trinajstić information content (AvgIpc) is 2.11. The Morgan fingerprint density at radius 1 is 1.58 bits per heavy atom. The van der Waals surface area contributed by atoms with Gasteiger partial charge in [0.05, 0.1) is 6.07 Å². The molecule has 0 saturated heterocycles. The van der Waals surface area contributed by atoms with Crippen molar-refractivity contribution < 1.29 is 4.79 Å². The second-order valence-electron chi connectivity index (χ2n) is 3.22. The van der Waals surface area contributed by atoms with E-state index in [1.165, 1.54) is 0 Å². The van der Waals surface area contributed by atoms with Crippen LogP contribution < -0.4 is 0 Å². The largest absolute Gasteiger partial charge is 0.296 e. The highest BCUT2D eigenvalue weighted by atomic mass is 35.5. The molecule has 1 fully saturated rings. The zero-order valence-electron chi connectivity index (χ0n) is 7.30. The predicted octanol–water partition coefficient (Wildman–Crippen LogP) is 2.12. The maximum absolute atomic E-state index is 11.4. The number of nitriles is 1. The van der Waals surface area contributed by atoms with E-state index >= 15 is 0 Å². The van der Waals surface area contributed by atoms with Crippen molar-refractivity contribution in [1.82, 2.24) is 0 Å². The first-order chi connectivity index (χ1) is 5.61. The smallest absolute Gasteiger partial charge is 0.192 e. The van der Waals surface area contributed by atoms with Gasteiger partial charge in [-0.2, -0.15) is 5.26 Å². The number of rotatable bonds is 2. The van der Waals surface area contributed by atoms with Crippen molar-refractivity contribution in [3.63, 3.8) is 0 Å². The summed E-state index contributed by atoms with van der Waals surface area (Å²) in [6, 6.07) is 1.91. The fraction of sp³-hybridized carbons (Fsp3) is 0.778. The summed E-state index contributed by atoms with van der Waals surface area (Å²) >= 11 is 5.87. The van der Waals surface area contributed by atoms with Gasteiger partial charge in [0.15, 0.2) is 10.7 Å². The van der Waals surface area contributed by atoms with E-state index in [1.807, 2.05) is 19.9 Å². The van der Waals surface area contributed by atoms with E-state index in [-0.39, 0.29) is 17.6 Å². The molecule has 1 aliphatic carbocycles. The van der Waals surface area contributed by atoms with Crippen LogP contribution in [0, 0.1) is 23.2 Å². The van der Waals surface area contributed by atoms with Crippen LogP contribution in [0.15, 0.2) is 0 Å². The highest BCUT2D eigenvalue weighted by molar-refractivity contribution is 6.40. The third kappa shape index (κ3) is 0.964. The Hall–Kier alpha value is -0.550. The summed E-state index contributed by atoms with van der Waals surface area (Å²) < 4.78 is 0. The minimum Gasteiger partial charge on any atom is -0.296 e. The molecule has 0 aromatic rings. The van der Waals surface area contributed by atoms with Crippen LogP contribution >= 0.6 is 11.6 Å². The molecule has 1 rings (SSSR count). The predicted molar refractivity (Wildman–Crippen MR) is 46.8 cm³/mol. The summed E-state index contributed by atoms with van der Waals surface area (Å²) in [7, 11) is 0. The quantitative estimate of drug-likeness (QED) is 0.619. The molecule has 1 saturated carbocycles. The zero-order valence-corrected chi connectivity index (χ0v) is 8.06. The Morgan fingerprint density at radius 3 is 2.50 bits per heavy atom. The van der Waals surface area contributed by atoms with Gasteiger partial charge in [-0.1, -0.05) is 25.4 Å². The molecule has 0 N–H and O–H groups in total. The summed E-state index contributed by atoms with van der Waals surface area (Å²) in [5.41, 5.74) is 0. The number of carbonyl (C=O) groups excluding carboxylic acids is 1. The van der Waals surface area contributed by atoms with E-state index in [9.17, 15) is 4.79 Å². The average molecular weight is 186 g/mol. The Morgan fingerprint density at radius 2 is 2.17 bits per heavy atom. The molecule has 0 spiro atoms. The van der Waals surface area contributed by atoms with Crippen LogP contribution in [0.2, 0.25) is 0 Å². The van der Waals surface area contributed by atoms with Crippen LogP contribution in [0.25, 0.3) is 0 Å². The lowest BCUT2D eigenvalue weighted by Gasteiger charge is -2.44. The zero-order chi connectivity index (χ0) is 9.35. The molecular weight excluding hydrogens is 174 g/mol. The molecule has 0 radical (unpaired) electrons. The SMILES string of the molecule is CC[C@@H]1C(=O)[C@](Cl)(C#N)[C@H]1CC. The normalized spacial score (nSPS) is 40.3. The Kier molecular flexibility index (Phi) is 2.44. The van der Waals surface area contributed by atoms with Crippen molar-refractivity contribution in [2.45, 2.75) is 31.6 Å². The van der Waals surface area contributed by atoms with Gasteiger partial charge in [-0.25, -0.2) is 0 Å². The van der Waals surface area contributed by atoms with Crippen LogP contribution in [0.1, 0.15) is 26.7 Å². The second-order valence-corrected chi connectivity index (χ2v) is 3.81. The number of Topliss-reactive ketones (excluding diaryl/α,β-unsaturated/α-hetero) is 1. The molecule has 3 heteroatoms. The third-order valence-electron chi connectivity index (χ3n) is 2.73. The molecular formula is C9H12ClNO. The maximum atomic E-state index is 11.4. The molecule has 0 heterocycles. The molecule has 0 bridgehead atoms. The second kappa shape index (κ2) is 3.06. The molecule has 3 atom stereocenters. The van der Waals surface area contributed by atoms with E-state index in [0.29, 0.717) is 0 Å². The van der Waals surface area contributed by atoms with Crippen LogP contribution in [0.4, 0.5) is 0 Å². The van der Waals surface area contributed by atoms with Gasteiger partial charge in [0, 0.05) is 11.8 Å². The Bertz CT molecular complexity index is 245. The minimum atomic E-state index is -1.20. The van der Waals surface area contributed by atoms with Gasteiger partial charge in [0.25, 0.3) is 0 Å². The Labute approximate surface area is 77.5 Å². The van der Waals surface area contributed by atoms with Crippen molar-refractivity contribution in [2.75, 3.05) is 0 Å². The Balaban J connectivity index is 2.84. The molecule has 12 heavy (non-hydrogen) atoms. The van der Waals surface area contributed by atoms with Crippen molar-refractivity contribution in [3.8, 4) is 6.07 Å². The number of carbonyl (C=O) groups is 1. The number of hydrogen-bond acceptors (Lipinski definition) is 2. The fourth-order valence-corrected chi connectivity index (χ4v) is 2.44. The van der Waals surface area contributed by atoms with Crippen LogP contribution in [-0.2, 0) is 4.79 Å². The summed E-state index contributed by atoms with van der Waals surface area (Å²) in [5, 5.41) is 8.73. The summed E-state index contributed by atoms with van der Waals surface area (Å²) in [6.45, 7) is 3.92. The van der Waals surface area contributed by atoms with Crippen molar-refractivity contribution in [3.05, 3.63) is 0 Å². The molecule has 2 nitrogen and oxygen atoms in total. The molecule has 0 unspecified atom stereocenters. The first-order valence-electron chi connectivity index (χ1n) is 4.26. The molecule has 0 aromatic heterocycles. The lowest BCUT2D eigenvalue weighted by Crippen LogP contribution is -2.58. The topological polar surface area (TPSA) is 40.9 Å². The minimum absolute atomic E-state index is 0.0205. The summed E-state index contributed by atoms with van der Waals surface area (Å²) in [5.74, 6) is -0.00478. The third-order valence-corrected chi connectivity index (χ3v) is 3.29. The van der Waals surface area contributed by atoms with Crippen molar-refractivity contribution in [2.24, 2.45) is 11.8 Å². The number of ketones is 1. The summed E-state index contributed by atoms with van der Waals surface area (Å²) in [4.78, 5) is 10.2. The number of halogens is 1. The lowest BCUT2D eigenvalue weighted by atomic mass is 9.61. The van der Waals surface area contributed by atoms with Gasteiger partial charge in [-0.3, -0.25) is 4.79 Å². The van der Waals surface area contributed by atoms with Crippen molar-refractivity contribution >= 4 is 17.4 Å². The molecule has 0 aromatic carbocycles. The maximum Gasteiger partial charge on any atom is 0.192 e. The van der Waals surface area contributed by atoms with E-state index in [4.69, 9.17) is 16.9 Å². The van der Waals surface area contributed by atoms with Gasteiger partial charge >= 0.3 is 0 Å². The standard InChI is InChI=1S/C9H12ClNO/c1-3-6-7(4-2)9(10,5-11)8(6)12/h6-7H,3-4H2,1-2H3/t6-,7-,9-/m0/s1. The highest BCUT2D eigenvalue weighted by Gasteiger charge is 2.59. The number of alkyl halides is 1. The van der Waals surface area contributed by atoms with Gasteiger partial charge in [-0.05, 0) is 12.8 Å². The fourth-order valence-electron chi connectivity index (χ4n) is 1.99. The van der Waals surface area contributed by atoms with Crippen LogP contribution in [-0.4, -0.2) is 10.7 Å². The number of hydrogen-bond donors (Lipinski definition) is 0.